The Bertz CT molecular complexity index is 372. The molecule has 2 atom stereocenters. The van der Waals surface area contributed by atoms with Crippen molar-refractivity contribution >= 4 is 0 Å². The van der Waals surface area contributed by atoms with Crippen LogP contribution in [0.15, 0.2) is 4.52 Å². The second-order valence-electron chi connectivity index (χ2n) is 4.78. The lowest BCUT2D eigenvalue weighted by atomic mass is 9.94. The van der Waals surface area contributed by atoms with Crippen molar-refractivity contribution in [1.82, 2.24) is 15.5 Å². The Morgan fingerprint density at radius 1 is 1.44 bits per heavy atom. The fourth-order valence-corrected chi connectivity index (χ4v) is 2.58. The first kappa shape index (κ1) is 13.5. The van der Waals surface area contributed by atoms with Crippen LogP contribution in [0.2, 0.25) is 0 Å². The van der Waals surface area contributed by atoms with Crippen molar-refractivity contribution in [3.63, 3.8) is 0 Å². The smallest absolute Gasteiger partial charge is 0.247 e. The molecule has 0 saturated carbocycles. The van der Waals surface area contributed by atoms with Crippen molar-refractivity contribution < 1.29 is 9.26 Å². The molecule has 5 heteroatoms. The quantitative estimate of drug-likeness (QED) is 0.844. The fraction of sp³-hybridized carbons (Fsp3) is 0.846. The molecule has 1 saturated heterocycles. The van der Waals surface area contributed by atoms with Gasteiger partial charge in [0.05, 0.1) is 5.54 Å². The lowest BCUT2D eigenvalue weighted by Gasteiger charge is -2.22. The summed E-state index contributed by atoms with van der Waals surface area (Å²) in [6.07, 6.45) is 4.01. The third-order valence-electron chi connectivity index (χ3n) is 3.73. The van der Waals surface area contributed by atoms with Crippen LogP contribution in [-0.4, -0.2) is 23.3 Å². The molecule has 18 heavy (non-hydrogen) atoms. The summed E-state index contributed by atoms with van der Waals surface area (Å²) in [7, 11) is 0. The average Bonchev–Trinajstić information content (AvgIpc) is 3.04. The van der Waals surface area contributed by atoms with Gasteiger partial charge in [0.2, 0.25) is 11.7 Å². The molecule has 1 fully saturated rings. The van der Waals surface area contributed by atoms with E-state index in [1.807, 2.05) is 6.92 Å². The van der Waals surface area contributed by atoms with Crippen LogP contribution in [0.3, 0.4) is 0 Å². The van der Waals surface area contributed by atoms with Crippen LogP contribution in [-0.2, 0) is 10.3 Å². The Morgan fingerprint density at radius 3 is 2.83 bits per heavy atom. The van der Waals surface area contributed by atoms with Crippen LogP contribution in [0.5, 0.6) is 0 Å². The van der Waals surface area contributed by atoms with E-state index in [0.717, 1.165) is 38.1 Å². The summed E-state index contributed by atoms with van der Waals surface area (Å²) in [5.41, 5.74) is -0.115. The van der Waals surface area contributed by atoms with Crippen LogP contribution < -0.4 is 5.32 Å². The predicted molar refractivity (Wildman–Crippen MR) is 68.2 cm³/mol. The van der Waals surface area contributed by atoms with Crippen LogP contribution in [0.1, 0.15) is 64.3 Å². The van der Waals surface area contributed by atoms with Gasteiger partial charge in [0.1, 0.15) is 6.10 Å². The lowest BCUT2D eigenvalue weighted by molar-refractivity contribution is 0.0518. The minimum absolute atomic E-state index is 0.0530. The van der Waals surface area contributed by atoms with Crippen LogP contribution in [0.4, 0.5) is 0 Å². The molecule has 2 unspecified atom stereocenters. The van der Waals surface area contributed by atoms with E-state index in [9.17, 15) is 0 Å². The van der Waals surface area contributed by atoms with E-state index in [2.05, 4.69) is 29.3 Å². The number of aromatic nitrogens is 2. The molecule has 2 heterocycles. The van der Waals surface area contributed by atoms with Crippen LogP contribution in [0.25, 0.3) is 0 Å². The number of nitrogens with one attached hydrogen (secondary N) is 1. The normalized spacial score (nSPS) is 25.5. The molecule has 2 rings (SSSR count). The van der Waals surface area contributed by atoms with Crippen molar-refractivity contribution in [3.8, 4) is 0 Å². The van der Waals surface area contributed by atoms with E-state index in [1.54, 1.807) is 0 Å². The van der Waals surface area contributed by atoms with Crippen LogP contribution in [0, 0.1) is 0 Å². The molecule has 0 bridgehead atoms. The molecule has 0 aliphatic carbocycles. The zero-order valence-electron chi connectivity index (χ0n) is 11.5. The minimum atomic E-state index is -0.115. The molecule has 0 radical (unpaired) electrons. The SMILES string of the molecule is CCOC(CC)c1noc(C2(CC)CCCN2)n1. The van der Waals surface area contributed by atoms with Gasteiger partial charge in [-0.2, -0.15) is 4.98 Å². The third-order valence-corrected chi connectivity index (χ3v) is 3.73. The Balaban J connectivity index is 2.18. The van der Waals surface area contributed by atoms with E-state index < -0.39 is 0 Å². The molecule has 0 spiro atoms. The van der Waals surface area contributed by atoms with E-state index in [1.165, 1.54) is 0 Å². The second kappa shape index (κ2) is 5.80. The lowest BCUT2D eigenvalue weighted by Crippen LogP contribution is -2.36. The Morgan fingerprint density at radius 2 is 2.28 bits per heavy atom. The number of hydrogen-bond donors (Lipinski definition) is 1. The van der Waals surface area contributed by atoms with Gasteiger partial charge in [-0.15, -0.1) is 0 Å². The highest BCUT2D eigenvalue weighted by atomic mass is 16.5. The molecule has 0 amide bonds. The van der Waals surface area contributed by atoms with E-state index >= 15 is 0 Å². The van der Waals surface area contributed by atoms with Gasteiger partial charge in [0, 0.05) is 6.61 Å². The minimum Gasteiger partial charge on any atom is -0.370 e. The van der Waals surface area contributed by atoms with Gasteiger partial charge in [-0.25, -0.2) is 0 Å². The third kappa shape index (κ3) is 2.42. The van der Waals surface area contributed by atoms with Gasteiger partial charge < -0.3 is 14.6 Å². The highest BCUT2D eigenvalue weighted by Crippen LogP contribution is 2.33. The van der Waals surface area contributed by atoms with E-state index in [-0.39, 0.29) is 11.6 Å². The summed E-state index contributed by atoms with van der Waals surface area (Å²) >= 11 is 0. The Kier molecular flexibility index (Phi) is 4.35. The number of rotatable bonds is 6. The summed E-state index contributed by atoms with van der Waals surface area (Å²) in [6, 6.07) is 0. The van der Waals surface area contributed by atoms with Gasteiger partial charge in [0.15, 0.2) is 0 Å². The fourth-order valence-electron chi connectivity index (χ4n) is 2.58. The number of nitrogens with zero attached hydrogens (tertiary/aromatic N) is 2. The topological polar surface area (TPSA) is 60.2 Å². The van der Waals surface area contributed by atoms with Gasteiger partial charge in [-0.1, -0.05) is 19.0 Å². The summed E-state index contributed by atoms with van der Waals surface area (Å²) in [5, 5.41) is 7.59. The molecular formula is C13H23N3O2. The predicted octanol–water partition coefficient (Wildman–Crippen LogP) is 2.55. The summed E-state index contributed by atoms with van der Waals surface area (Å²) in [5.74, 6) is 1.39. The largest absolute Gasteiger partial charge is 0.370 e. The molecule has 1 N–H and O–H groups in total. The maximum Gasteiger partial charge on any atom is 0.247 e. The van der Waals surface area contributed by atoms with Gasteiger partial charge in [0.25, 0.3) is 0 Å². The first-order valence-corrected chi connectivity index (χ1v) is 6.96. The zero-order valence-corrected chi connectivity index (χ0v) is 11.5. The maximum atomic E-state index is 5.61. The first-order chi connectivity index (χ1) is 8.75. The van der Waals surface area contributed by atoms with Crippen molar-refractivity contribution in [1.29, 1.82) is 0 Å². The summed E-state index contributed by atoms with van der Waals surface area (Å²) < 4.78 is 11.1. The molecule has 1 aromatic heterocycles. The van der Waals surface area contributed by atoms with Crippen molar-refractivity contribution in [2.75, 3.05) is 13.2 Å². The van der Waals surface area contributed by atoms with Crippen LogP contribution >= 0.6 is 0 Å². The van der Waals surface area contributed by atoms with Gasteiger partial charge >= 0.3 is 0 Å². The van der Waals surface area contributed by atoms with Crippen molar-refractivity contribution in [3.05, 3.63) is 11.7 Å². The van der Waals surface area contributed by atoms with E-state index in [0.29, 0.717) is 12.4 Å². The standard InChI is InChI=1S/C13H23N3O2/c1-4-10(17-6-3)11-15-12(18-16-11)13(5-2)8-7-9-14-13/h10,14H,4-9H2,1-3H3. The number of hydrogen-bond acceptors (Lipinski definition) is 5. The molecule has 5 nitrogen and oxygen atoms in total. The summed E-state index contributed by atoms with van der Waals surface area (Å²) in [4.78, 5) is 4.56. The average molecular weight is 253 g/mol. The molecule has 1 aliphatic heterocycles. The monoisotopic (exact) mass is 253 g/mol. The Labute approximate surface area is 108 Å². The molecule has 1 aromatic rings. The highest BCUT2D eigenvalue weighted by molar-refractivity contribution is 5.07. The molecule has 102 valence electrons. The highest BCUT2D eigenvalue weighted by Gasteiger charge is 2.39. The second-order valence-corrected chi connectivity index (χ2v) is 4.78. The summed E-state index contributed by atoms with van der Waals surface area (Å²) in [6.45, 7) is 7.89. The molecule has 0 aromatic carbocycles. The van der Waals surface area contributed by atoms with Crippen molar-refractivity contribution in [2.45, 2.75) is 58.1 Å². The van der Waals surface area contributed by atoms with Crippen molar-refractivity contribution in [2.24, 2.45) is 0 Å². The number of ether oxygens (including phenoxy) is 1. The van der Waals surface area contributed by atoms with Gasteiger partial charge in [-0.05, 0) is 39.2 Å². The first-order valence-electron chi connectivity index (χ1n) is 6.96. The maximum absolute atomic E-state index is 5.61. The van der Waals surface area contributed by atoms with E-state index in [4.69, 9.17) is 9.26 Å². The molecule has 1 aliphatic rings. The molecular weight excluding hydrogens is 230 g/mol. The Hall–Kier alpha value is -0.940. The zero-order chi connectivity index (χ0) is 13.0. The van der Waals surface area contributed by atoms with Gasteiger partial charge in [-0.3, -0.25) is 0 Å².